The molecule has 0 radical (unpaired) electrons. The van der Waals surface area contributed by atoms with Gasteiger partial charge < -0.3 is 9.84 Å². The van der Waals surface area contributed by atoms with Crippen molar-refractivity contribution < 1.29 is 14.6 Å². The van der Waals surface area contributed by atoms with Crippen LogP contribution in [-0.2, 0) is 18.4 Å². The van der Waals surface area contributed by atoms with E-state index in [-0.39, 0.29) is 18.6 Å². The summed E-state index contributed by atoms with van der Waals surface area (Å²) in [5.41, 5.74) is 11.6. The normalized spacial score (nSPS) is 19.3. The molecule has 2 unspecified atom stereocenters. The van der Waals surface area contributed by atoms with E-state index in [0.29, 0.717) is 18.6 Å². The number of carboxylic acid groups (broad SMARTS) is 1. The second kappa shape index (κ2) is 8.09. The minimum atomic E-state index is -0.752. The van der Waals surface area contributed by atoms with Crippen LogP contribution in [0.1, 0.15) is 37.1 Å². The van der Waals surface area contributed by atoms with Crippen molar-refractivity contribution in [2.45, 2.75) is 45.3 Å². The third-order valence-electron chi connectivity index (χ3n) is 4.93. The van der Waals surface area contributed by atoms with E-state index >= 15 is 0 Å². The van der Waals surface area contributed by atoms with Crippen molar-refractivity contribution in [1.82, 2.24) is 14.8 Å². The molecular formula is C18H22N6O3. The first-order valence-corrected chi connectivity index (χ1v) is 8.88. The smallest absolute Gasteiger partial charge is 0.306 e. The van der Waals surface area contributed by atoms with Crippen molar-refractivity contribution >= 4 is 5.97 Å². The lowest BCUT2D eigenvalue weighted by Gasteiger charge is -2.27. The second-order valence-corrected chi connectivity index (χ2v) is 6.74. The molecular weight excluding hydrogens is 348 g/mol. The van der Waals surface area contributed by atoms with E-state index in [4.69, 9.17) is 10.3 Å². The zero-order valence-electron chi connectivity index (χ0n) is 15.4. The highest BCUT2D eigenvalue weighted by molar-refractivity contribution is 5.70. The van der Waals surface area contributed by atoms with Crippen molar-refractivity contribution in [3.8, 4) is 17.0 Å². The van der Waals surface area contributed by atoms with Crippen molar-refractivity contribution in [2.75, 3.05) is 0 Å². The van der Waals surface area contributed by atoms with Gasteiger partial charge in [-0.1, -0.05) is 5.11 Å². The summed E-state index contributed by atoms with van der Waals surface area (Å²) in [5.74, 6) is -0.428. The minimum Gasteiger partial charge on any atom is -0.489 e. The number of carbonyl (C=O) groups is 1. The highest BCUT2D eigenvalue weighted by atomic mass is 16.5. The summed E-state index contributed by atoms with van der Waals surface area (Å²) >= 11 is 0. The number of aryl methyl sites for hydroxylation is 2. The Labute approximate surface area is 156 Å². The largest absolute Gasteiger partial charge is 0.489 e. The topological polar surface area (TPSA) is 126 Å². The molecule has 27 heavy (non-hydrogen) atoms. The van der Waals surface area contributed by atoms with Crippen LogP contribution in [0.15, 0.2) is 23.4 Å². The molecule has 0 saturated heterocycles. The molecule has 0 aromatic carbocycles. The van der Waals surface area contributed by atoms with Gasteiger partial charge in [-0.15, -0.1) is 0 Å². The molecule has 1 saturated carbocycles. The number of aromatic nitrogens is 3. The first-order valence-electron chi connectivity index (χ1n) is 8.88. The molecule has 1 N–H and O–H groups in total. The highest BCUT2D eigenvalue weighted by Gasteiger charge is 2.28. The van der Waals surface area contributed by atoms with Crippen LogP contribution in [0.25, 0.3) is 21.7 Å². The molecule has 9 nitrogen and oxygen atoms in total. The number of pyridine rings is 1. The Morgan fingerprint density at radius 2 is 2.30 bits per heavy atom. The van der Waals surface area contributed by atoms with E-state index in [2.05, 4.69) is 20.1 Å². The molecule has 3 rings (SSSR count). The molecule has 2 atom stereocenters. The molecule has 1 fully saturated rings. The van der Waals surface area contributed by atoms with Gasteiger partial charge in [-0.2, -0.15) is 5.10 Å². The fraction of sp³-hybridized carbons (Fsp3) is 0.500. The average molecular weight is 370 g/mol. The number of aliphatic carboxylic acids is 1. The Morgan fingerprint density at radius 3 is 3.00 bits per heavy atom. The van der Waals surface area contributed by atoms with Crippen molar-refractivity contribution in [2.24, 2.45) is 18.1 Å². The van der Waals surface area contributed by atoms with Gasteiger partial charge in [-0.3, -0.25) is 9.48 Å². The quantitative estimate of drug-likeness (QED) is 0.472. The van der Waals surface area contributed by atoms with Crippen molar-refractivity contribution in [3.63, 3.8) is 0 Å². The van der Waals surface area contributed by atoms with Crippen LogP contribution in [0.2, 0.25) is 0 Å². The van der Waals surface area contributed by atoms with Crippen LogP contribution in [0.3, 0.4) is 0 Å². The molecule has 0 aliphatic heterocycles. The van der Waals surface area contributed by atoms with Crippen LogP contribution in [0, 0.1) is 12.8 Å². The number of hydrogen-bond acceptors (Lipinski definition) is 5. The first kappa shape index (κ1) is 18.7. The highest BCUT2D eigenvalue weighted by Crippen LogP contribution is 2.31. The number of nitrogens with zero attached hydrogens (tertiary/aromatic N) is 6. The molecule has 1 aliphatic carbocycles. The lowest BCUT2D eigenvalue weighted by Crippen LogP contribution is -2.29. The number of azide groups is 1. The van der Waals surface area contributed by atoms with Gasteiger partial charge in [-0.05, 0) is 50.3 Å². The van der Waals surface area contributed by atoms with Gasteiger partial charge in [0, 0.05) is 17.5 Å². The molecule has 0 amide bonds. The second-order valence-electron chi connectivity index (χ2n) is 6.74. The van der Waals surface area contributed by atoms with Crippen LogP contribution in [0.4, 0.5) is 0 Å². The van der Waals surface area contributed by atoms with E-state index in [9.17, 15) is 9.90 Å². The summed E-state index contributed by atoms with van der Waals surface area (Å²) in [6.45, 7) is 2.06. The number of hydrogen-bond donors (Lipinski definition) is 1. The summed E-state index contributed by atoms with van der Waals surface area (Å²) < 4.78 is 7.71. The predicted molar refractivity (Wildman–Crippen MR) is 98.0 cm³/mol. The summed E-state index contributed by atoms with van der Waals surface area (Å²) in [6.07, 6.45) is 4.53. The van der Waals surface area contributed by atoms with E-state index < -0.39 is 5.97 Å². The average Bonchev–Trinajstić information content (AvgIpc) is 3.02. The molecule has 2 aromatic heterocycles. The maximum absolute atomic E-state index is 11.2. The lowest BCUT2D eigenvalue weighted by molar-refractivity contribution is -0.143. The third kappa shape index (κ3) is 4.20. The molecule has 9 heteroatoms. The maximum atomic E-state index is 11.2. The van der Waals surface area contributed by atoms with Crippen LogP contribution >= 0.6 is 0 Å². The zero-order valence-corrected chi connectivity index (χ0v) is 15.4. The Kier molecular flexibility index (Phi) is 5.61. The Hall–Kier alpha value is -3.06. The van der Waals surface area contributed by atoms with E-state index in [1.807, 2.05) is 19.1 Å². The summed E-state index contributed by atoms with van der Waals surface area (Å²) in [6, 6.07) is 3.70. The van der Waals surface area contributed by atoms with Gasteiger partial charge in [0.05, 0.1) is 41.8 Å². The van der Waals surface area contributed by atoms with Crippen molar-refractivity contribution in [1.29, 1.82) is 0 Å². The fourth-order valence-corrected chi connectivity index (χ4v) is 3.44. The zero-order chi connectivity index (χ0) is 19.4. The summed E-state index contributed by atoms with van der Waals surface area (Å²) in [7, 11) is 1.79. The van der Waals surface area contributed by atoms with E-state index in [0.717, 1.165) is 35.5 Å². The minimum absolute atomic E-state index is 0.106. The molecule has 2 aromatic rings. The molecule has 0 spiro atoms. The first-order chi connectivity index (χ1) is 13.0. The molecule has 1 aliphatic rings. The Balaban J connectivity index is 1.78. The summed E-state index contributed by atoms with van der Waals surface area (Å²) in [4.78, 5) is 18.6. The molecule has 142 valence electrons. The number of rotatable bonds is 6. The third-order valence-corrected chi connectivity index (χ3v) is 4.93. The number of carboxylic acids is 1. The Bertz CT molecular complexity index is 887. The Morgan fingerprint density at radius 1 is 1.48 bits per heavy atom. The standard InChI is InChI=1S/C18H22N6O3/c1-11-17(27-13-5-3-4-12(8-13)18(25)26)7-6-15(22-11)14-9-21-24(2)16(14)10-20-23-19/h6-7,9,12-13H,3-5,8,10H2,1-2H3,(H,25,26). The maximum Gasteiger partial charge on any atom is 0.306 e. The van der Waals surface area contributed by atoms with Crippen LogP contribution in [0.5, 0.6) is 5.75 Å². The summed E-state index contributed by atoms with van der Waals surface area (Å²) in [5, 5.41) is 17.1. The monoisotopic (exact) mass is 370 g/mol. The van der Waals surface area contributed by atoms with E-state index in [1.54, 1.807) is 17.9 Å². The molecule has 0 bridgehead atoms. The van der Waals surface area contributed by atoms with Gasteiger partial charge in [0.2, 0.25) is 0 Å². The van der Waals surface area contributed by atoms with E-state index in [1.165, 1.54) is 0 Å². The van der Waals surface area contributed by atoms with Gasteiger partial charge in [0.25, 0.3) is 0 Å². The van der Waals surface area contributed by atoms with Crippen molar-refractivity contribution in [3.05, 3.63) is 40.2 Å². The van der Waals surface area contributed by atoms with Gasteiger partial charge in [0.15, 0.2) is 0 Å². The van der Waals surface area contributed by atoms with Gasteiger partial charge in [-0.25, -0.2) is 4.98 Å². The lowest BCUT2D eigenvalue weighted by atomic mass is 9.87. The van der Waals surface area contributed by atoms with Crippen LogP contribution < -0.4 is 4.74 Å². The number of ether oxygens (including phenoxy) is 1. The van der Waals surface area contributed by atoms with Gasteiger partial charge >= 0.3 is 5.97 Å². The van der Waals surface area contributed by atoms with Crippen LogP contribution in [-0.4, -0.2) is 31.9 Å². The fourth-order valence-electron chi connectivity index (χ4n) is 3.44. The van der Waals surface area contributed by atoms with Gasteiger partial charge in [0.1, 0.15) is 5.75 Å². The molecule has 2 heterocycles. The SMILES string of the molecule is Cc1nc(-c2cnn(C)c2CN=[N+]=[N-])ccc1OC1CCCC(C(=O)O)C1. The predicted octanol–water partition coefficient (Wildman–Crippen LogP) is 3.62.